The smallest absolute Gasteiger partial charge is 0.275 e. The number of nitrogens with zero attached hydrogens (tertiary/aromatic N) is 4. The van der Waals surface area contributed by atoms with Gasteiger partial charge in [-0.05, 0) is 50.6 Å². The Morgan fingerprint density at radius 2 is 1.51 bits per heavy atom. The molecule has 35 heavy (non-hydrogen) atoms. The molecule has 5 rings (SSSR count). The van der Waals surface area contributed by atoms with E-state index in [-0.39, 0.29) is 11.5 Å². The molecule has 0 bridgehead atoms. The summed E-state index contributed by atoms with van der Waals surface area (Å²) in [6.07, 6.45) is 0. The lowest BCUT2D eigenvalue weighted by Gasteiger charge is -2.37. The minimum atomic E-state index is -0.695. The van der Waals surface area contributed by atoms with Crippen LogP contribution >= 0.6 is 0 Å². The van der Waals surface area contributed by atoms with Gasteiger partial charge in [0.25, 0.3) is 5.56 Å². The van der Waals surface area contributed by atoms with E-state index in [0.717, 1.165) is 40.9 Å². The maximum atomic E-state index is 13.5. The quantitative estimate of drug-likeness (QED) is 0.441. The standard InChI is InChI=1S/C29H30N4O2/c1-20-13-14-21(2)26(19-20)27-24-11-7-8-12-25(24)29(35)33(30-27)22(3)28(34)32-17-15-31(16-18-32)23-9-5-4-6-10-23/h4-14,19,22H,15-18H2,1-3H3. The molecule has 0 radical (unpaired) electrons. The van der Waals surface area contributed by atoms with Gasteiger partial charge in [-0.3, -0.25) is 9.59 Å². The molecule has 178 valence electrons. The molecule has 0 N–H and O–H groups in total. The lowest BCUT2D eigenvalue weighted by molar-refractivity contribution is -0.135. The van der Waals surface area contributed by atoms with Crippen molar-refractivity contribution < 1.29 is 4.79 Å². The highest BCUT2D eigenvalue weighted by molar-refractivity contribution is 5.94. The number of carbonyl (C=O) groups excluding carboxylic acids is 1. The minimum absolute atomic E-state index is 0.0745. The summed E-state index contributed by atoms with van der Waals surface area (Å²) >= 11 is 0. The molecule has 1 aromatic heterocycles. The predicted molar refractivity (Wildman–Crippen MR) is 141 cm³/mol. The molecule has 4 aromatic rings. The van der Waals surface area contributed by atoms with Gasteiger partial charge in [0.15, 0.2) is 0 Å². The normalized spacial score (nSPS) is 14.8. The van der Waals surface area contributed by atoms with Crippen molar-refractivity contribution in [2.45, 2.75) is 26.8 Å². The number of amides is 1. The number of rotatable bonds is 4. The number of piperazine rings is 1. The molecule has 2 heterocycles. The Balaban J connectivity index is 1.48. The van der Waals surface area contributed by atoms with Crippen molar-refractivity contribution in [1.29, 1.82) is 0 Å². The van der Waals surface area contributed by atoms with Gasteiger partial charge in [0.05, 0.1) is 11.1 Å². The van der Waals surface area contributed by atoms with Gasteiger partial charge in [0, 0.05) is 42.8 Å². The van der Waals surface area contributed by atoms with Crippen LogP contribution < -0.4 is 10.5 Å². The Bertz CT molecular complexity index is 1440. The highest BCUT2D eigenvalue weighted by Crippen LogP contribution is 2.29. The van der Waals surface area contributed by atoms with Crippen LogP contribution in [-0.4, -0.2) is 46.8 Å². The van der Waals surface area contributed by atoms with E-state index in [0.29, 0.717) is 18.5 Å². The third kappa shape index (κ3) is 4.32. The number of aromatic nitrogens is 2. The molecule has 1 saturated heterocycles. The Labute approximate surface area is 205 Å². The average Bonchev–Trinajstić information content (AvgIpc) is 2.90. The Morgan fingerprint density at radius 3 is 2.23 bits per heavy atom. The van der Waals surface area contributed by atoms with Crippen LogP contribution in [0, 0.1) is 13.8 Å². The third-order valence-corrected chi connectivity index (χ3v) is 6.91. The summed E-state index contributed by atoms with van der Waals surface area (Å²) < 4.78 is 1.38. The van der Waals surface area contributed by atoms with Gasteiger partial charge in [-0.1, -0.05) is 54.1 Å². The zero-order chi connectivity index (χ0) is 24.5. The lowest BCUT2D eigenvalue weighted by atomic mass is 9.99. The van der Waals surface area contributed by atoms with E-state index >= 15 is 0 Å². The van der Waals surface area contributed by atoms with Gasteiger partial charge in [-0.15, -0.1) is 0 Å². The second-order valence-corrected chi connectivity index (χ2v) is 9.29. The Kier molecular flexibility index (Phi) is 6.12. The van der Waals surface area contributed by atoms with Crippen molar-refractivity contribution in [3.63, 3.8) is 0 Å². The summed E-state index contributed by atoms with van der Waals surface area (Å²) in [4.78, 5) is 31.1. The summed E-state index contributed by atoms with van der Waals surface area (Å²) in [5, 5.41) is 6.18. The third-order valence-electron chi connectivity index (χ3n) is 6.91. The van der Waals surface area contributed by atoms with Gasteiger partial charge < -0.3 is 9.80 Å². The summed E-state index contributed by atoms with van der Waals surface area (Å²) in [5.41, 5.74) is 4.83. The van der Waals surface area contributed by atoms with Gasteiger partial charge in [0.1, 0.15) is 6.04 Å². The maximum absolute atomic E-state index is 13.5. The van der Waals surface area contributed by atoms with E-state index in [1.165, 1.54) is 10.4 Å². The Hall–Kier alpha value is -3.93. The molecule has 0 saturated carbocycles. The number of fused-ring (bicyclic) bond motifs is 1. The molecule has 1 amide bonds. The van der Waals surface area contributed by atoms with Gasteiger partial charge >= 0.3 is 0 Å². The van der Waals surface area contributed by atoms with Crippen LogP contribution in [0.1, 0.15) is 24.1 Å². The van der Waals surface area contributed by atoms with Crippen molar-refractivity contribution in [2.24, 2.45) is 0 Å². The highest BCUT2D eigenvalue weighted by Gasteiger charge is 2.28. The fourth-order valence-electron chi connectivity index (χ4n) is 4.85. The molecule has 1 aliphatic rings. The van der Waals surface area contributed by atoms with Crippen molar-refractivity contribution in [1.82, 2.24) is 14.7 Å². The van der Waals surface area contributed by atoms with Crippen LogP contribution in [0.3, 0.4) is 0 Å². The summed E-state index contributed by atoms with van der Waals surface area (Å²) in [6.45, 7) is 8.62. The first-order valence-electron chi connectivity index (χ1n) is 12.1. The second kappa shape index (κ2) is 9.37. The maximum Gasteiger partial charge on any atom is 0.275 e. The molecule has 1 aliphatic heterocycles. The van der Waals surface area contributed by atoms with Crippen LogP contribution in [0.2, 0.25) is 0 Å². The van der Waals surface area contributed by atoms with Gasteiger partial charge in [0.2, 0.25) is 5.91 Å². The van der Waals surface area contributed by atoms with E-state index in [9.17, 15) is 9.59 Å². The first-order valence-corrected chi connectivity index (χ1v) is 12.1. The van der Waals surface area contributed by atoms with E-state index in [1.807, 2.05) is 61.2 Å². The van der Waals surface area contributed by atoms with Gasteiger partial charge in [-0.2, -0.15) is 5.10 Å². The molecule has 1 atom stereocenters. The second-order valence-electron chi connectivity index (χ2n) is 9.29. The monoisotopic (exact) mass is 466 g/mol. The Morgan fingerprint density at radius 1 is 0.857 bits per heavy atom. The number of para-hydroxylation sites is 1. The molecule has 6 nitrogen and oxygen atoms in total. The van der Waals surface area contributed by atoms with Gasteiger partial charge in [-0.25, -0.2) is 4.68 Å². The SMILES string of the molecule is Cc1ccc(C)c(-c2nn(C(C)C(=O)N3CCN(c4ccccc4)CC3)c(=O)c3ccccc23)c1. The number of carbonyl (C=O) groups is 1. The molecule has 1 fully saturated rings. The van der Waals surface area contributed by atoms with Crippen molar-refractivity contribution in [3.05, 3.63) is 94.3 Å². The van der Waals surface area contributed by atoms with E-state index in [1.54, 1.807) is 6.92 Å². The zero-order valence-electron chi connectivity index (χ0n) is 20.4. The predicted octanol–water partition coefficient (Wildman–Crippen LogP) is 4.59. The largest absolute Gasteiger partial charge is 0.368 e. The molecule has 0 spiro atoms. The van der Waals surface area contributed by atoms with Crippen LogP contribution in [0.25, 0.3) is 22.0 Å². The number of anilines is 1. The van der Waals surface area contributed by atoms with Crippen molar-refractivity contribution >= 4 is 22.4 Å². The van der Waals surface area contributed by atoms with Crippen LogP contribution in [0.4, 0.5) is 5.69 Å². The topological polar surface area (TPSA) is 58.4 Å². The number of benzene rings is 3. The van der Waals surface area contributed by atoms with Crippen LogP contribution in [0.5, 0.6) is 0 Å². The molecule has 0 aliphatic carbocycles. The molecule has 1 unspecified atom stereocenters. The van der Waals surface area contributed by atoms with Crippen LogP contribution in [-0.2, 0) is 4.79 Å². The average molecular weight is 467 g/mol. The molecule has 3 aromatic carbocycles. The van der Waals surface area contributed by atoms with Crippen molar-refractivity contribution in [3.8, 4) is 11.3 Å². The lowest BCUT2D eigenvalue weighted by Crippen LogP contribution is -2.51. The van der Waals surface area contributed by atoms with E-state index in [4.69, 9.17) is 5.10 Å². The summed E-state index contributed by atoms with van der Waals surface area (Å²) in [5.74, 6) is -0.0745. The van der Waals surface area contributed by atoms with E-state index in [2.05, 4.69) is 35.2 Å². The number of aryl methyl sites for hydroxylation is 2. The molecular weight excluding hydrogens is 436 g/mol. The number of hydrogen-bond acceptors (Lipinski definition) is 4. The van der Waals surface area contributed by atoms with E-state index < -0.39 is 6.04 Å². The molecular formula is C29H30N4O2. The summed E-state index contributed by atoms with van der Waals surface area (Å²) in [6, 6.07) is 23.3. The zero-order valence-corrected chi connectivity index (χ0v) is 20.4. The molecule has 6 heteroatoms. The fourth-order valence-corrected chi connectivity index (χ4v) is 4.85. The summed E-state index contributed by atoms with van der Waals surface area (Å²) in [7, 11) is 0. The highest BCUT2D eigenvalue weighted by atomic mass is 16.2. The number of hydrogen-bond donors (Lipinski definition) is 0. The first kappa shape index (κ1) is 22.8. The minimum Gasteiger partial charge on any atom is -0.368 e. The van der Waals surface area contributed by atoms with Crippen LogP contribution in [0.15, 0.2) is 77.6 Å². The van der Waals surface area contributed by atoms with Crippen molar-refractivity contribution in [2.75, 3.05) is 31.1 Å². The first-order chi connectivity index (χ1) is 16.9. The fraction of sp³-hybridized carbons (Fsp3) is 0.276.